The third-order valence-corrected chi connectivity index (χ3v) is 2.77. The van der Waals surface area contributed by atoms with Gasteiger partial charge in [-0.05, 0) is 18.2 Å². The fourth-order valence-corrected chi connectivity index (χ4v) is 2.00. The summed E-state index contributed by atoms with van der Waals surface area (Å²) in [5, 5.41) is 0.416. The number of imidazole rings is 1. The Morgan fingerprint density at radius 3 is 2.71 bits per heavy atom. The molecule has 0 unspecified atom stereocenters. The van der Waals surface area contributed by atoms with Crippen molar-refractivity contribution in [1.29, 1.82) is 0 Å². The lowest BCUT2D eigenvalue weighted by Gasteiger charge is -2.18. The average Bonchev–Trinajstić information content (AvgIpc) is 2.68. The number of hydrogen-bond donors (Lipinski definition) is 2. The van der Waals surface area contributed by atoms with E-state index in [1.807, 2.05) is 18.2 Å². The van der Waals surface area contributed by atoms with Crippen LogP contribution in [0.3, 0.4) is 0 Å². The quantitative estimate of drug-likeness (QED) is 0.814. The van der Waals surface area contributed by atoms with Crippen LogP contribution in [0, 0.1) is 0 Å². The largest absolute Gasteiger partial charge is 0.486 e. The van der Waals surface area contributed by atoms with Crippen LogP contribution in [0.5, 0.6) is 11.5 Å². The minimum Gasteiger partial charge on any atom is -0.486 e. The number of nitrogens with one attached hydrogen (secondary N) is 1. The molecule has 0 saturated heterocycles. The van der Waals surface area contributed by atoms with E-state index in [0.29, 0.717) is 35.8 Å². The molecule has 1 aliphatic rings. The topological polar surface area (TPSA) is 73.2 Å². The van der Waals surface area contributed by atoms with E-state index in [2.05, 4.69) is 9.97 Å². The van der Waals surface area contributed by atoms with Gasteiger partial charge in [-0.2, -0.15) is 0 Å². The van der Waals surface area contributed by atoms with Crippen molar-refractivity contribution in [3.8, 4) is 22.8 Å². The van der Waals surface area contributed by atoms with E-state index in [-0.39, 0.29) is 0 Å². The highest BCUT2D eigenvalue weighted by atomic mass is 35.5. The Kier molecular flexibility index (Phi) is 2.33. The van der Waals surface area contributed by atoms with Crippen molar-refractivity contribution < 1.29 is 9.47 Å². The Balaban J connectivity index is 2.06. The fraction of sp³-hybridized carbons (Fsp3) is 0.182. The number of halogens is 1. The number of aromatic amines is 1. The predicted molar refractivity (Wildman–Crippen MR) is 64.4 cm³/mol. The number of benzene rings is 1. The van der Waals surface area contributed by atoms with Crippen molar-refractivity contribution in [1.82, 2.24) is 9.97 Å². The molecule has 1 aromatic carbocycles. The zero-order chi connectivity index (χ0) is 11.8. The SMILES string of the molecule is Nc1nc(-c2ccc3c(c2)OCCO3)c(Cl)[nH]1. The van der Waals surface area contributed by atoms with Gasteiger partial charge in [0, 0.05) is 5.56 Å². The van der Waals surface area contributed by atoms with Crippen LogP contribution in [0.15, 0.2) is 18.2 Å². The standard InChI is InChI=1S/C11H10ClN3O2/c12-10-9(14-11(13)15-10)6-1-2-7-8(5-6)17-4-3-16-7/h1-2,5H,3-4H2,(H3,13,14,15). The van der Waals surface area contributed by atoms with Gasteiger partial charge in [-0.15, -0.1) is 0 Å². The van der Waals surface area contributed by atoms with Crippen LogP contribution >= 0.6 is 11.6 Å². The van der Waals surface area contributed by atoms with Crippen molar-refractivity contribution in [3.05, 3.63) is 23.4 Å². The number of anilines is 1. The van der Waals surface area contributed by atoms with Crippen LogP contribution in [0.1, 0.15) is 0 Å². The summed E-state index contributed by atoms with van der Waals surface area (Å²) in [7, 11) is 0. The zero-order valence-corrected chi connectivity index (χ0v) is 9.62. The van der Waals surface area contributed by atoms with Crippen molar-refractivity contribution >= 4 is 17.5 Å². The smallest absolute Gasteiger partial charge is 0.199 e. The molecule has 0 radical (unpaired) electrons. The Morgan fingerprint density at radius 1 is 1.24 bits per heavy atom. The number of fused-ring (bicyclic) bond motifs is 1. The van der Waals surface area contributed by atoms with Gasteiger partial charge in [0.1, 0.15) is 24.1 Å². The summed E-state index contributed by atoms with van der Waals surface area (Å²) in [6, 6.07) is 5.55. The summed E-state index contributed by atoms with van der Waals surface area (Å²) in [5.41, 5.74) is 7.00. The molecular formula is C11H10ClN3O2. The van der Waals surface area contributed by atoms with Crippen molar-refractivity contribution in [3.63, 3.8) is 0 Å². The van der Waals surface area contributed by atoms with E-state index in [0.717, 1.165) is 11.3 Å². The van der Waals surface area contributed by atoms with Crippen LogP contribution in [0.25, 0.3) is 11.3 Å². The molecule has 0 bridgehead atoms. The number of nitrogen functional groups attached to an aromatic ring is 1. The zero-order valence-electron chi connectivity index (χ0n) is 8.87. The van der Waals surface area contributed by atoms with Crippen LogP contribution in [-0.4, -0.2) is 23.2 Å². The highest BCUT2D eigenvalue weighted by Crippen LogP contribution is 2.36. The highest BCUT2D eigenvalue weighted by molar-refractivity contribution is 6.32. The molecule has 0 fully saturated rings. The molecule has 3 rings (SSSR count). The molecule has 2 aromatic rings. The lowest BCUT2D eigenvalue weighted by Crippen LogP contribution is -2.15. The maximum atomic E-state index is 5.99. The van der Waals surface area contributed by atoms with Gasteiger partial charge in [0.2, 0.25) is 0 Å². The van der Waals surface area contributed by atoms with Gasteiger partial charge in [0.05, 0.1) is 0 Å². The minimum absolute atomic E-state index is 0.292. The lowest BCUT2D eigenvalue weighted by molar-refractivity contribution is 0.171. The third-order valence-electron chi connectivity index (χ3n) is 2.49. The number of hydrogen-bond acceptors (Lipinski definition) is 4. The van der Waals surface area contributed by atoms with Crippen LogP contribution in [0.2, 0.25) is 5.15 Å². The van der Waals surface area contributed by atoms with E-state index in [1.54, 1.807) is 0 Å². The molecule has 0 saturated carbocycles. The van der Waals surface area contributed by atoms with Crippen LogP contribution in [-0.2, 0) is 0 Å². The molecule has 1 aromatic heterocycles. The minimum atomic E-state index is 0.292. The summed E-state index contributed by atoms with van der Waals surface area (Å²) in [4.78, 5) is 6.87. The average molecular weight is 252 g/mol. The summed E-state index contributed by atoms with van der Waals surface area (Å²) in [6.07, 6.45) is 0. The van der Waals surface area contributed by atoms with E-state index >= 15 is 0 Å². The Hall–Kier alpha value is -1.88. The van der Waals surface area contributed by atoms with Gasteiger partial charge in [0.25, 0.3) is 0 Å². The Morgan fingerprint density at radius 2 is 2.00 bits per heavy atom. The number of ether oxygens (including phenoxy) is 2. The Bertz CT molecular complexity index is 568. The molecule has 0 spiro atoms. The molecule has 17 heavy (non-hydrogen) atoms. The number of aromatic nitrogens is 2. The lowest BCUT2D eigenvalue weighted by atomic mass is 10.1. The molecule has 1 aliphatic heterocycles. The van der Waals surface area contributed by atoms with Gasteiger partial charge in [-0.3, -0.25) is 0 Å². The highest BCUT2D eigenvalue weighted by Gasteiger charge is 2.15. The van der Waals surface area contributed by atoms with E-state index in [1.165, 1.54) is 0 Å². The number of H-pyrrole nitrogens is 1. The molecule has 2 heterocycles. The molecule has 6 heteroatoms. The molecule has 88 valence electrons. The Labute approximate surface area is 103 Å². The van der Waals surface area contributed by atoms with Crippen LogP contribution < -0.4 is 15.2 Å². The molecule has 0 aliphatic carbocycles. The maximum absolute atomic E-state index is 5.99. The maximum Gasteiger partial charge on any atom is 0.199 e. The van der Waals surface area contributed by atoms with E-state index < -0.39 is 0 Å². The van der Waals surface area contributed by atoms with Gasteiger partial charge in [-0.25, -0.2) is 4.98 Å². The summed E-state index contributed by atoms with van der Waals surface area (Å²) in [6.45, 7) is 1.12. The van der Waals surface area contributed by atoms with Gasteiger partial charge in [-0.1, -0.05) is 11.6 Å². The first-order valence-corrected chi connectivity index (χ1v) is 5.53. The van der Waals surface area contributed by atoms with Gasteiger partial charge in [0.15, 0.2) is 17.4 Å². The van der Waals surface area contributed by atoms with Gasteiger partial charge >= 0.3 is 0 Å². The molecule has 5 nitrogen and oxygen atoms in total. The second-order valence-electron chi connectivity index (χ2n) is 3.64. The first kappa shape index (κ1) is 10.3. The normalized spacial score (nSPS) is 13.7. The van der Waals surface area contributed by atoms with E-state index in [4.69, 9.17) is 26.8 Å². The third kappa shape index (κ3) is 1.78. The number of nitrogens with zero attached hydrogens (tertiary/aromatic N) is 1. The monoisotopic (exact) mass is 251 g/mol. The molecular weight excluding hydrogens is 242 g/mol. The fourth-order valence-electron chi connectivity index (χ4n) is 1.75. The second kappa shape index (κ2) is 3.85. The van der Waals surface area contributed by atoms with Crippen molar-refractivity contribution in [2.45, 2.75) is 0 Å². The van der Waals surface area contributed by atoms with Crippen molar-refractivity contribution in [2.24, 2.45) is 0 Å². The van der Waals surface area contributed by atoms with Gasteiger partial charge < -0.3 is 20.2 Å². The van der Waals surface area contributed by atoms with E-state index in [9.17, 15) is 0 Å². The number of nitrogens with two attached hydrogens (primary N) is 1. The molecule has 0 atom stereocenters. The second-order valence-corrected chi connectivity index (χ2v) is 4.02. The molecule has 0 amide bonds. The predicted octanol–water partition coefficient (Wildman–Crippen LogP) is 2.08. The number of rotatable bonds is 1. The first-order valence-electron chi connectivity index (χ1n) is 5.15. The van der Waals surface area contributed by atoms with Crippen molar-refractivity contribution in [2.75, 3.05) is 18.9 Å². The summed E-state index contributed by atoms with van der Waals surface area (Å²) in [5.74, 6) is 1.73. The van der Waals surface area contributed by atoms with Crippen LogP contribution in [0.4, 0.5) is 5.95 Å². The molecule has 3 N–H and O–H groups in total. The first-order chi connectivity index (χ1) is 8.24. The summed E-state index contributed by atoms with van der Waals surface area (Å²) >= 11 is 5.99. The summed E-state index contributed by atoms with van der Waals surface area (Å²) < 4.78 is 10.9.